The molecule has 0 aliphatic rings. The van der Waals surface area contributed by atoms with Gasteiger partial charge in [0, 0.05) is 35.5 Å². The molecule has 0 amide bonds. The molecule has 0 saturated heterocycles. The van der Waals surface area contributed by atoms with Crippen molar-refractivity contribution in [1.82, 2.24) is 15.0 Å². The number of hydrogen-bond donors (Lipinski definition) is 2. The maximum Gasteiger partial charge on any atom is 0.225 e. The van der Waals surface area contributed by atoms with E-state index in [0.29, 0.717) is 80.0 Å². The lowest BCUT2D eigenvalue weighted by molar-refractivity contribution is 0.234. The fourth-order valence-electron chi connectivity index (χ4n) is 14.5. The second kappa shape index (κ2) is 65.9. The SMILES string of the molecule is CCCCCCCCCCCCOc1cc(N(c2ccc(-c3nc(N)nc(N)n3)cc2)c2cc(OCCCCCCCCCCCC)c(OCCCCCCCCCCCC)c(OCCCCCCCCCCCC)c2)cc(OCCCCCCCCCCCC)c1OCCCCCCCCCCCC. The molecule has 0 fully saturated rings. The van der Waals surface area contributed by atoms with Crippen molar-refractivity contribution < 1.29 is 28.4 Å². The number of hydrogen-bond acceptors (Lipinski definition) is 12. The van der Waals surface area contributed by atoms with Crippen LogP contribution in [0.4, 0.5) is 29.0 Å². The number of benzene rings is 3. The lowest BCUT2D eigenvalue weighted by Crippen LogP contribution is -2.14. The Balaban J connectivity index is 1.88. The summed E-state index contributed by atoms with van der Waals surface area (Å²) < 4.78 is 42.7. The molecule has 0 atom stereocenters. The summed E-state index contributed by atoms with van der Waals surface area (Å²) in [6.07, 6.45) is 75.4. The Labute approximate surface area is 646 Å². The van der Waals surface area contributed by atoms with E-state index in [1.807, 2.05) is 12.1 Å². The lowest BCUT2D eigenvalue weighted by atomic mass is 10.1. The van der Waals surface area contributed by atoms with Gasteiger partial charge < -0.3 is 44.8 Å². The van der Waals surface area contributed by atoms with Crippen molar-refractivity contribution >= 4 is 29.0 Å². The number of unbranched alkanes of at least 4 members (excludes halogenated alkanes) is 54. The third kappa shape index (κ3) is 45.5. The molecule has 12 nitrogen and oxygen atoms in total. The topological polar surface area (TPSA) is 149 Å². The number of aromatic nitrogens is 3. The van der Waals surface area contributed by atoms with E-state index in [-0.39, 0.29) is 11.9 Å². The molecule has 0 spiro atoms. The fourth-order valence-corrected chi connectivity index (χ4v) is 14.5. The Hall–Kier alpha value is -5.13. The van der Waals surface area contributed by atoms with Gasteiger partial charge in [-0.25, -0.2) is 0 Å². The van der Waals surface area contributed by atoms with E-state index >= 15 is 0 Å². The third-order valence-corrected chi connectivity index (χ3v) is 21.1. The minimum atomic E-state index is 0.0838. The highest BCUT2D eigenvalue weighted by Gasteiger charge is 2.26. The first-order valence-electron chi connectivity index (χ1n) is 45.2. The molecule has 4 aromatic rings. The fraction of sp³-hybridized carbons (Fsp3) is 0.774. The normalized spacial score (nSPS) is 11.4. The van der Waals surface area contributed by atoms with Crippen LogP contribution in [0.15, 0.2) is 48.5 Å². The molecule has 4 rings (SSSR count). The van der Waals surface area contributed by atoms with Crippen molar-refractivity contribution in [3.63, 3.8) is 0 Å². The van der Waals surface area contributed by atoms with E-state index in [1.165, 1.54) is 308 Å². The summed E-state index contributed by atoms with van der Waals surface area (Å²) in [6.45, 7) is 17.3. The van der Waals surface area contributed by atoms with E-state index in [0.717, 1.165) is 99.7 Å². The van der Waals surface area contributed by atoms with Crippen LogP contribution in [0.25, 0.3) is 11.4 Å². The maximum absolute atomic E-state index is 7.14. The summed E-state index contributed by atoms with van der Waals surface area (Å²) in [5.74, 6) is 4.81. The molecule has 105 heavy (non-hydrogen) atoms. The van der Waals surface area contributed by atoms with Gasteiger partial charge in [0.1, 0.15) is 0 Å². The number of rotatable bonds is 76. The summed E-state index contributed by atoms with van der Waals surface area (Å²) in [5, 5.41) is 0. The third-order valence-electron chi connectivity index (χ3n) is 21.1. The minimum absolute atomic E-state index is 0.0838. The summed E-state index contributed by atoms with van der Waals surface area (Å²) in [4.78, 5) is 15.5. The van der Waals surface area contributed by atoms with Crippen molar-refractivity contribution in [2.45, 2.75) is 427 Å². The van der Waals surface area contributed by atoms with Gasteiger partial charge in [-0.3, -0.25) is 0 Å². The molecule has 0 saturated carbocycles. The summed E-state index contributed by atoms with van der Waals surface area (Å²) >= 11 is 0. The van der Waals surface area contributed by atoms with E-state index in [4.69, 9.17) is 39.9 Å². The Morgan fingerprint density at radius 1 is 0.229 bits per heavy atom. The maximum atomic E-state index is 7.14. The first kappa shape index (κ1) is 92.3. The number of nitrogens with two attached hydrogens (primary N) is 2. The van der Waals surface area contributed by atoms with Crippen LogP contribution < -0.4 is 44.8 Å². The Morgan fingerprint density at radius 2 is 0.419 bits per heavy atom. The molecule has 0 bridgehead atoms. The number of anilines is 5. The molecule has 0 aliphatic heterocycles. The van der Waals surface area contributed by atoms with Gasteiger partial charge in [0.2, 0.25) is 23.4 Å². The van der Waals surface area contributed by atoms with Crippen molar-refractivity contribution in [3.8, 4) is 45.9 Å². The van der Waals surface area contributed by atoms with Gasteiger partial charge in [-0.15, -0.1) is 0 Å². The smallest absolute Gasteiger partial charge is 0.225 e. The van der Waals surface area contributed by atoms with Gasteiger partial charge in [0.25, 0.3) is 0 Å². The molecule has 1 aromatic heterocycles. The predicted molar refractivity (Wildman–Crippen MR) is 453 cm³/mol. The van der Waals surface area contributed by atoms with E-state index in [2.05, 4.69) is 97.8 Å². The molecular weight excluding hydrogens is 1300 g/mol. The molecule has 3 aromatic carbocycles. The molecule has 0 unspecified atom stereocenters. The zero-order chi connectivity index (χ0) is 74.8. The first-order chi connectivity index (χ1) is 51.9. The van der Waals surface area contributed by atoms with Crippen LogP contribution in [-0.2, 0) is 0 Å². The van der Waals surface area contributed by atoms with Crippen LogP contribution in [0.2, 0.25) is 0 Å². The lowest BCUT2D eigenvalue weighted by Gasteiger charge is -2.29. The largest absolute Gasteiger partial charge is 0.489 e. The molecule has 4 N–H and O–H groups in total. The highest BCUT2D eigenvalue weighted by Crippen LogP contribution is 2.50. The molecule has 600 valence electrons. The van der Waals surface area contributed by atoms with Crippen LogP contribution in [0.3, 0.4) is 0 Å². The van der Waals surface area contributed by atoms with Gasteiger partial charge in [-0.1, -0.05) is 388 Å². The van der Waals surface area contributed by atoms with E-state index in [1.54, 1.807) is 0 Å². The van der Waals surface area contributed by atoms with Crippen molar-refractivity contribution in [1.29, 1.82) is 0 Å². The van der Waals surface area contributed by atoms with Gasteiger partial charge in [-0.05, 0) is 62.8 Å². The Kier molecular flexibility index (Phi) is 57.9. The zero-order valence-corrected chi connectivity index (χ0v) is 69.2. The van der Waals surface area contributed by atoms with Gasteiger partial charge in [0.05, 0.1) is 51.0 Å². The second-order valence-electron chi connectivity index (χ2n) is 31.0. The van der Waals surface area contributed by atoms with Crippen molar-refractivity contribution in [2.24, 2.45) is 0 Å². The molecule has 1 heterocycles. The van der Waals surface area contributed by atoms with E-state index in [9.17, 15) is 0 Å². The Bertz CT molecular complexity index is 2370. The minimum Gasteiger partial charge on any atom is -0.489 e. The number of nitrogen functional groups attached to an aromatic ring is 2. The van der Waals surface area contributed by atoms with Gasteiger partial charge >= 0.3 is 0 Å². The van der Waals surface area contributed by atoms with Crippen LogP contribution in [0.5, 0.6) is 34.5 Å². The molecule has 12 heteroatoms. The van der Waals surface area contributed by atoms with Crippen LogP contribution in [-0.4, -0.2) is 54.6 Å². The second-order valence-corrected chi connectivity index (χ2v) is 31.0. The quantitative estimate of drug-likeness (QED) is 0.0405. The van der Waals surface area contributed by atoms with Gasteiger partial charge in [0.15, 0.2) is 28.8 Å². The monoisotopic (exact) mass is 1460 g/mol. The van der Waals surface area contributed by atoms with Crippen LogP contribution in [0.1, 0.15) is 427 Å². The number of nitrogens with zero attached hydrogens (tertiary/aromatic N) is 4. The average Bonchev–Trinajstić information content (AvgIpc) is 0.771. The molecular formula is C93H162N6O6. The number of ether oxygens (including phenoxy) is 6. The molecule has 0 radical (unpaired) electrons. The summed E-state index contributed by atoms with van der Waals surface area (Å²) in [6, 6.07) is 17.1. The summed E-state index contributed by atoms with van der Waals surface area (Å²) in [5.41, 5.74) is 15.8. The first-order valence-corrected chi connectivity index (χ1v) is 45.2. The van der Waals surface area contributed by atoms with Crippen molar-refractivity contribution in [2.75, 3.05) is 56.0 Å². The van der Waals surface area contributed by atoms with Crippen LogP contribution >= 0.6 is 0 Å². The average molecular weight is 1460 g/mol. The van der Waals surface area contributed by atoms with Crippen molar-refractivity contribution in [3.05, 3.63) is 48.5 Å². The summed E-state index contributed by atoms with van der Waals surface area (Å²) in [7, 11) is 0. The molecule has 0 aliphatic carbocycles. The zero-order valence-electron chi connectivity index (χ0n) is 69.2. The predicted octanol–water partition coefficient (Wildman–Crippen LogP) is 30.0. The van der Waals surface area contributed by atoms with Crippen LogP contribution in [0, 0.1) is 0 Å². The Morgan fingerprint density at radius 3 is 0.629 bits per heavy atom. The standard InChI is InChI=1S/C93H162N6O6/c1-7-13-19-25-31-37-43-49-55-61-71-100-85-77-83(78-86(101-72-62-56-50-44-38-32-26-20-14-8-2)89(85)104-75-65-59-53-47-41-35-29-23-17-11-5)99(82-69-67-81(68-70-82)91-96-92(94)98-93(95)97-91)84-79-87(102-73-63-57-51-45-39-33-27-21-15-9-3)90(105-76-66-60-54-48-42-36-30-24-18-12-6)88(80-84)103-74-64-58-52-46-40-34-28-22-16-10-4/h67-70,77-80H,7-66,71-76H2,1-6H3,(H4,94,95,96,97,98). The highest BCUT2D eigenvalue weighted by molar-refractivity contribution is 5.82. The highest BCUT2D eigenvalue weighted by atomic mass is 16.5. The van der Waals surface area contributed by atoms with Gasteiger partial charge in [-0.2, -0.15) is 15.0 Å². The van der Waals surface area contributed by atoms with E-state index < -0.39 is 0 Å².